The Morgan fingerprint density at radius 3 is 2.31 bits per heavy atom. The summed E-state index contributed by atoms with van der Waals surface area (Å²) in [5, 5.41) is 3.11. The van der Waals surface area contributed by atoms with E-state index in [0.29, 0.717) is 6.54 Å². The van der Waals surface area contributed by atoms with Crippen molar-refractivity contribution in [2.45, 2.75) is 27.3 Å². The van der Waals surface area contributed by atoms with E-state index in [0.717, 1.165) is 10.7 Å². The fourth-order valence-electron chi connectivity index (χ4n) is 2.03. The number of thiazole rings is 1. The van der Waals surface area contributed by atoms with Crippen LogP contribution in [0.1, 0.15) is 22.4 Å². The lowest BCUT2D eigenvalue weighted by Crippen LogP contribution is -1.96. The summed E-state index contributed by atoms with van der Waals surface area (Å²) in [5.74, 6) is 0. The van der Waals surface area contributed by atoms with Crippen molar-refractivity contribution in [3.63, 3.8) is 0 Å². The second-order valence-corrected chi connectivity index (χ2v) is 4.98. The zero-order valence-corrected chi connectivity index (χ0v) is 10.7. The molecule has 0 fully saturated rings. The maximum absolute atomic E-state index is 5.59. The number of rotatable bonds is 2. The van der Waals surface area contributed by atoms with Crippen molar-refractivity contribution in [1.82, 2.24) is 4.98 Å². The number of aromatic nitrogens is 1. The fourth-order valence-corrected chi connectivity index (χ4v) is 3.04. The second-order valence-electron chi connectivity index (χ2n) is 4.12. The van der Waals surface area contributed by atoms with Gasteiger partial charge in [-0.25, -0.2) is 4.98 Å². The van der Waals surface area contributed by atoms with E-state index in [1.807, 2.05) is 5.38 Å². The van der Waals surface area contributed by atoms with E-state index < -0.39 is 0 Å². The average molecular weight is 232 g/mol. The maximum Gasteiger partial charge on any atom is 0.124 e. The van der Waals surface area contributed by atoms with Gasteiger partial charge in [0, 0.05) is 17.5 Å². The lowest BCUT2D eigenvalue weighted by atomic mass is 10.0. The average Bonchev–Trinajstić information content (AvgIpc) is 2.64. The monoisotopic (exact) mass is 232 g/mol. The molecule has 16 heavy (non-hydrogen) atoms. The summed E-state index contributed by atoms with van der Waals surface area (Å²) >= 11 is 1.67. The molecule has 0 spiro atoms. The topological polar surface area (TPSA) is 38.9 Å². The van der Waals surface area contributed by atoms with Gasteiger partial charge in [0.1, 0.15) is 5.01 Å². The van der Waals surface area contributed by atoms with Gasteiger partial charge in [0.25, 0.3) is 0 Å². The normalized spacial score (nSPS) is 10.8. The summed E-state index contributed by atoms with van der Waals surface area (Å²) in [6.45, 7) is 6.91. The third kappa shape index (κ3) is 2.01. The molecule has 1 aromatic carbocycles. The van der Waals surface area contributed by atoms with E-state index in [2.05, 4.69) is 37.9 Å². The number of hydrogen-bond donors (Lipinski definition) is 1. The zero-order chi connectivity index (χ0) is 11.7. The fraction of sp³-hybridized carbons (Fsp3) is 0.308. The van der Waals surface area contributed by atoms with Crippen LogP contribution >= 0.6 is 11.3 Å². The Hall–Kier alpha value is -1.19. The molecule has 0 saturated carbocycles. The molecule has 0 radical (unpaired) electrons. The largest absolute Gasteiger partial charge is 0.325 e. The van der Waals surface area contributed by atoms with Crippen molar-refractivity contribution >= 4 is 11.3 Å². The zero-order valence-electron chi connectivity index (χ0n) is 9.87. The smallest absolute Gasteiger partial charge is 0.124 e. The Bertz CT molecular complexity index is 491. The van der Waals surface area contributed by atoms with E-state index >= 15 is 0 Å². The predicted molar refractivity (Wildman–Crippen MR) is 69.7 cm³/mol. The number of hydrogen-bond acceptors (Lipinski definition) is 3. The molecule has 2 aromatic rings. The Morgan fingerprint density at radius 2 is 1.81 bits per heavy atom. The van der Waals surface area contributed by atoms with E-state index in [9.17, 15) is 0 Å². The molecule has 1 heterocycles. The summed E-state index contributed by atoms with van der Waals surface area (Å²) < 4.78 is 0. The van der Waals surface area contributed by atoms with Crippen molar-refractivity contribution < 1.29 is 0 Å². The van der Waals surface area contributed by atoms with Gasteiger partial charge in [0.05, 0.1) is 5.69 Å². The molecule has 0 bridgehead atoms. The second kappa shape index (κ2) is 4.36. The molecular formula is C13H16N2S. The van der Waals surface area contributed by atoms with E-state index in [-0.39, 0.29) is 0 Å². The maximum atomic E-state index is 5.59. The molecule has 3 heteroatoms. The van der Waals surface area contributed by atoms with Gasteiger partial charge in [-0.15, -0.1) is 11.3 Å². The van der Waals surface area contributed by atoms with Gasteiger partial charge in [0.2, 0.25) is 0 Å². The first-order chi connectivity index (χ1) is 7.61. The van der Waals surface area contributed by atoms with Crippen molar-refractivity contribution in [1.29, 1.82) is 0 Å². The molecule has 1 aromatic heterocycles. The lowest BCUT2D eigenvalue weighted by Gasteiger charge is -2.08. The SMILES string of the molecule is Cc1cc(C)c(-c2nc(CN)cs2)c(C)c1. The van der Waals surface area contributed by atoms with Crippen molar-refractivity contribution in [2.24, 2.45) is 5.73 Å². The Kier molecular flexibility index (Phi) is 3.08. The summed E-state index contributed by atoms with van der Waals surface area (Å²) in [7, 11) is 0. The molecule has 0 aliphatic heterocycles. The van der Waals surface area contributed by atoms with Gasteiger partial charge < -0.3 is 5.73 Å². The Labute approximate surface area is 100 Å². The quantitative estimate of drug-likeness (QED) is 0.863. The van der Waals surface area contributed by atoms with E-state index in [4.69, 9.17) is 5.73 Å². The highest BCUT2D eigenvalue weighted by Gasteiger charge is 2.10. The van der Waals surface area contributed by atoms with Gasteiger partial charge in [-0.3, -0.25) is 0 Å². The van der Waals surface area contributed by atoms with Crippen LogP contribution in [0.2, 0.25) is 0 Å². The van der Waals surface area contributed by atoms with Crippen molar-refractivity contribution in [3.8, 4) is 10.6 Å². The van der Waals surface area contributed by atoms with Crippen LogP contribution in [0.15, 0.2) is 17.5 Å². The predicted octanol–water partition coefficient (Wildman–Crippen LogP) is 3.19. The third-order valence-electron chi connectivity index (χ3n) is 2.65. The molecule has 0 unspecified atom stereocenters. The molecular weight excluding hydrogens is 216 g/mol. The molecule has 0 aliphatic carbocycles. The minimum absolute atomic E-state index is 0.514. The Morgan fingerprint density at radius 1 is 1.19 bits per heavy atom. The number of aryl methyl sites for hydroxylation is 3. The van der Waals surface area contributed by atoms with Crippen LogP contribution in [-0.2, 0) is 6.54 Å². The first-order valence-corrected chi connectivity index (χ1v) is 6.22. The van der Waals surface area contributed by atoms with E-state index in [1.165, 1.54) is 22.3 Å². The highest BCUT2D eigenvalue weighted by Crippen LogP contribution is 2.30. The summed E-state index contributed by atoms with van der Waals surface area (Å²) in [6.07, 6.45) is 0. The minimum Gasteiger partial charge on any atom is -0.325 e. The molecule has 0 atom stereocenters. The number of nitrogens with zero attached hydrogens (tertiary/aromatic N) is 1. The van der Waals surface area contributed by atoms with Crippen LogP contribution in [0.5, 0.6) is 0 Å². The number of benzene rings is 1. The molecule has 0 aliphatic rings. The third-order valence-corrected chi connectivity index (χ3v) is 3.56. The van der Waals surface area contributed by atoms with Crippen LogP contribution in [0, 0.1) is 20.8 Å². The van der Waals surface area contributed by atoms with Gasteiger partial charge in [-0.05, 0) is 31.9 Å². The van der Waals surface area contributed by atoms with Crippen LogP contribution < -0.4 is 5.73 Å². The van der Waals surface area contributed by atoms with Gasteiger partial charge in [-0.1, -0.05) is 17.7 Å². The highest BCUT2D eigenvalue weighted by atomic mass is 32.1. The van der Waals surface area contributed by atoms with Crippen molar-refractivity contribution in [3.05, 3.63) is 39.9 Å². The van der Waals surface area contributed by atoms with Crippen molar-refractivity contribution in [2.75, 3.05) is 0 Å². The van der Waals surface area contributed by atoms with Crippen LogP contribution in [0.4, 0.5) is 0 Å². The highest BCUT2D eigenvalue weighted by molar-refractivity contribution is 7.13. The summed E-state index contributed by atoms with van der Waals surface area (Å²) in [5.41, 5.74) is 11.7. The summed E-state index contributed by atoms with van der Waals surface area (Å²) in [6, 6.07) is 4.40. The molecule has 0 amide bonds. The van der Waals surface area contributed by atoms with Gasteiger partial charge in [-0.2, -0.15) is 0 Å². The standard InChI is InChI=1S/C13H16N2S/c1-8-4-9(2)12(10(3)5-8)13-15-11(6-14)7-16-13/h4-5,7H,6,14H2,1-3H3. The molecule has 0 saturated heterocycles. The van der Waals surface area contributed by atoms with Crippen LogP contribution in [-0.4, -0.2) is 4.98 Å². The first kappa shape index (κ1) is 11.3. The molecule has 2 nitrogen and oxygen atoms in total. The summed E-state index contributed by atoms with van der Waals surface area (Å²) in [4.78, 5) is 4.54. The molecule has 2 N–H and O–H groups in total. The van der Waals surface area contributed by atoms with Gasteiger partial charge >= 0.3 is 0 Å². The van der Waals surface area contributed by atoms with Crippen LogP contribution in [0.25, 0.3) is 10.6 Å². The first-order valence-electron chi connectivity index (χ1n) is 5.34. The van der Waals surface area contributed by atoms with E-state index in [1.54, 1.807) is 11.3 Å². The minimum atomic E-state index is 0.514. The number of nitrogens with two attached hydrogens (primary N) is 1. The van der Waals surface area contributed by atoms with Crippen LogP contribution in [0.3, 0.4) is 0 Å². The molecule has 84 valence electrons. The Balaban J connectivity index is 2.55. The molecule has 2 rings (SSSR count). The lowest BCUT2D eigenvalue weighted by molar-refractivity contribution is 1.01. The van der Waals surface area contributed by atoms with Gasteiger partial charge in [0.15, 0.2) is 0 Å².